The lowest BCUT2D eigenvalue weighted by molar-refractivity contribution is -0.118. The molecule has 1 amide bonds. The molecule has 7 nitrogen and oxygen atoms in total. The van der Waals surface area contributed by atoms with Gasteiger partial charge < -0.3 is 19.8 Å². The van der Waals surface area contributed by atoms with Crippen LogP contribution in [0.1, 0.15) is 29.4 Å². The molecule has 0 unspecified atom stereocenters. The molecule has 2 N–H and O–H groups in total. The molecule has 0 saturated carbocycles. The van der Waals surface area contributed by atoms with Crippen molar-refractivity contribution in [3.05, 3.63) is 80.7 Å². The van der Waals surface area contributed by atoms with Gasteiger partial charge in [-0.25, -0.2) is 4.98 Å². The second-order valence-electron chi connectivity index (χ2n) is 8.24. The Balaban J connectivity index is 1.56. The number of rotatable bonds is 8. The molecule has 36 heavy (non-hydrogen) atoms. The maximum absolute atomic E-state index is 12.4. The molecule has 0 fully saturated rings. The first-order valence-electron chi connectivity index (χ1n) is 11.4. The van der Waals surface area contributed by atoms with Crippen molar-refractivity contribution in [3.8, 4) is 17.6 Å². The summed E-state index contributed by atoms with van der Waals surface area (Å²) in [6.07, 6.45) is 1.75. The number of allylic oxidation sites excluding steroid dienone is 1. The number of halogens is 1. The second kappa shape index (κ2) is 11.3. The highest BCUT2D eigenvalue weighted by Gasteiger charge is 2.15. The number of aromatic amines is 1. The van der Waals surface area contributed by atoms with Crippen LogP contribution >= 0.6 is 22.6 Å². The predicted molar refractivity (Wildman–Crippen MR) is 150 cm³/mol. The minimum Gasteiger partial charge on any atom is -0.490 e. The lowest BCUT2D eigenvalue weighted by Crippen LogP contribution is -2.20. The number of hydrogen-bond acceptors (Lipinski definition) is 5. The van der Waals surface area contributed by atoms with Crippen molar-refractivity contribution in [1.82, 2.24) is 9.97 Å². The van der Waals surface area contributed by atoms with Gasteiger partial charge in [0.2, 0.25) is 0 Å². The molecule has 1 aromatic heterocycles. The molecule has 0 bridgehead atoms. The summed E-state index contributed by atoms with van der Waals surface area (Å²) >= 11 is 2.14. The molecule has 0 radical (unpaired) electrons. The average molecular weight is 592 g/mol. The fraction of sp³-hybridized carbons (Fsp3) is 0.179. The third-order valence-corrected chi connectivity index (χ3v) is 6.14. The van der Waals surface area contributed by atoms with E-state index >= 15 is 0 Å². The lowest BCUT2D eigenvalue weighted by atomic mass is 10.1. The Bertz CT molecular complexity index is 1480. The van der Waals surface area contributed by atoms with E-state index in [4.69, 9.17) is 9.47 Å². The molecule has 0 atom stereocenters. The molecule has 0 aliphatic heterocycles. The van der Waals surface area contributed by atoms with E-state index < -0.39 is 0 Å². The number of amides is 1. The largest absolute Gasteiger partial charge is 0.490 e. The van der Waals surface area contributed by atoms with E-state index in [1.807, 2.05) is 69.3 Å². The summed E-state index contributed by atoms with van der Waals surface area (Å²) in [6, 6.07) is 19.4. The van der Waals surface area contributed by atoms with Gasteiger partial charge in [0.15, 0.2) is 18.1 Å². The van der Waals surface area contributed by atoms with Crippen LogP contribution < -0.4 is 14.8 Å². The number of benzene rings is 3. The van der Waals surface area contributed by atoms with E-state index in [0.29, 0.717) is 35.2 Å². The number of carbonyl (C=O) groups is 1. The van der Waals surface area contributed by atoms with Crippen molar-refractivity contribution in [2.75, 3.05) is 18.5 Å². The molecule has 0 aliphatic carbocycles. The van der Waals surface area contributed by atoms with Gasteiger partial charge in [-0.2, -0.15) is 5.26 Å². The molecule has 3 aromatic carbocycles. The van der Waals surface area contributed by atoms with Crippen LogP contribution in [0.25, 0.3) is 22.7 Å². The fourth-order valence-corrected chi connectivity index (χ4v) is 4.40. The summed E-state index contributed by atoms with van der Waals surface area (Å²) < 4.78 is 12.4. The fourth-order valence-electron chi connectivity index (χ4n) is 3.62. The zero-order chi connectivity index (χ0) is 25.7. The van der Waals surface area contributed by atoms with Crippen LogP contribution in [0.5, 0.6) is 11.5 Å². The molecule has 0 aliphatic rings. The topological polar surface area (TPSA) is 100 Å². The summed E-state index contributed by atoms with van der Waals surface area (Å²) in [6.45, 7) is 6.13. The van der Waals surface area contributed by atoms with Crippen LogP contribution in [-0.4, -0.2) is 29.1 Å². The first-order chi connectivity index (χ1) is 17.4. The highest BCUT2D eigenvalue weighted by atomic mass is 127. The average Bonchev–Trinajstić information content (AvgIpc) is 3.26. The van der Waals surface area contributed by atoms with Crippen molar-refractivity contribution >= 4 is 56.9 Å². The number of nitrogens with one attached hydrogen (secondary N) is 2. The summed E-state index contributed by atoms with van der Waals surface area (Å²) in [5, 5.41) is 12.6. The Labute approximate surface area is 223 Å². The van der Waals surface area contributed by atoms with Crippen LogP contribution in [0.3, 0.4) is 0 Å². The van der Waals surface area contributed by atoms with Gasteiger partial charge in [-0.3, -0.25) is 4.79 Å². The first kappa shape index (κ1) is 25.3. The van der Waals surface area contributed by atoms with Crippen LogP contribution in [0.2, 0.25) is 0 Å². The van der Waals surface area contributed by atoms with E-state index in [2.05, 4.69) is 43.9 Å². The van der Waals surface area contributed by atoms with Crippen molar-refractivity contribution in [2.24, 2.45) is 0 Å². The predicted octanol–water partition coefficient (Wildman–Crippen LogP) is 6.26. The Kier molecular flexibility index (Phi) is 7.90. The summed E-state index contributed by atoms with van der Waals surface area (Å²) in [5.74, 6) is 1.20. The van der Waals surface area contributed by atoms with Gasteiger partial charge in [-0.1, -0.05) is 23.8 Å². The third-order valence-electron chi connectivity index (χ3n) is 5.34. The summed E-state index contributed by atoms with van der Waals surface area (Å²) in [5.41, 5.74) is 5.76. The molecular formula is C28H25IN4O3. The van der Waals surface area contributed by atoms with Gasteiger partial charge in [0.1, 0.15) is 11.9 Å². The Morgan fingerprint density at radius 1 is 1.11 bits per heavy atom. The number of anilines is 1. The van der Waals surface area contributed by atoms with Gasteiger partial charge in [0.25, 0.3) is 5.91 Å². The maximum atomic E-state index is 12.4. The van der Waals surface area contributed by atoms with Gasteiger partial charge in [-0.05, 0) is 97.0 Å². The molecule has 0 spiro atoms. The van der Waals surface area contributed by atoms with Crippen molar-refractivity contribution in [1.29, 1.82) is 5.26 Å². The van der Waals surface area contributed by atoms with E-state index in [-0.39, 0.29) is 12.5 Å². The first-order valence-corrected chi connectivity index (χ1v) is 12.5. The van der Waals surface area contributed by atoms with Gasteiger partial charge in [0.05, 0.1) is 26.8 Å². The van der Waals surface area contributed by atoms with Crippen LogP contribution in [-0.2, 0) is 4.79 Å². The normalized spacial score (nSPS) is 11.2. The Morgan fingerprint density at radius 3 is 2.58 bits per heavy atom. The van der Waals surface area contributed by atoms with Gasteiger partial charge >= 0.3 is 0 Å². The zero-order valence-corrected chi connectivity index (χ0v) is 22.3. The number of ether oxygens (including phenoxy) is 2. The molecule has 8 heteroatoms. The van der Waals surface area contributed by atoms with Crippen molar-refractivity contribution in [3.63, 3.8) is 0 Å². The summed E-state index contributed by atoms with van der Waals surface area (Å²) in [7, 11) is 0. The van der Waals surface area contributed by atoms with E-state index in [9.17, 15) is 10.1 Å². The molecule has 0 saturated heterocycles. The summed E-state index contributed by atoms with van der Waals surface area (Å²) in [4.78, 5) is 20.2. The highest BCUT2D eigenvalue weighted by molar-refractivity contribution is 14.1. The monoisotopic (exact) mass is 592 g/mol. The van der Waals surface area contributed by atoms with Crippen molar-refractivity contribution in [2.45, 2.75) is 20.8 Å². The molecule has 4 rings (SSSR count). The third kappa shape index (κ3) is 6.04. The lowest BCUT2D eigenvalue weighted by Gasteiger charge is -2.15. The number of imidazole rings is 1. The number of nitriles is 1. The van der Waals surface area contributed by atoms with Gasteiger partial charge in [-0.15, -0.1) is 0 Å². The SMILES string of the molecule is CCOc1cc(/C=C(/C#N)c2nc3ccc(C)cc3[nH]2)cc(I)c1OCC(=O)Nc1ccc(C)cc1. The number of nitrogens with zero attached hydrogens (tertiary/aromatic N) is 2. The van der Waals surface area contributed by atoms with Gasteiger partial charge in [0, 0.05) is 5.69 Å². The smallest absolute Gasteiger partial charge is 0.262 e. The van der Waals surface area contributed by atoms with Crippen molar-refractivity contribution < 1.29 is 14.3 Å². The standard InChI is InChI=1S/C28H25IN4O3/c1-4-35-25-14-19(12-20(15-30)28-32-23-10-7-18(3)11-24(23)33-28)13-22(29)27(25)36-16-26(34)31-21-8-5-17(2)6-9-21/h5-14H,4,16H2,1-3H3,(H,31,34)(H,32,33)/b20-12-. The number of fused-ring (bicyclic) bond motifs is 1. The van der Waals surface area contributed by atoms with Crippen LogP contribution in [0.15, 0.2) is 54.6 Å². The quantitative estimate of drug-likeness (QED) is 0.186. The number of H-pyrrole nitrogens is 1. The minimum absolute atomic E-state index is 0.166. The number of hydrogen-bond donors (Lipinski definition) is 2. The maximum Gasteiger partial charge on any atom is 0.262 e. The van der Waals surface area contributed by atoms with E-state index in [0.717, 1.165) is 31.3 Å². The molecule has 1 heterocycles. The Hall–Kier alpha value is -3.84. The number of aryl methyl sites for hydroxylation is 2. The molecule has 182 valence electrons. The van der Waals surface area contributed by atoms with Crippen LogP contribution in [0, 0.1) is 28.7 Å². The number of aromatic nitrogens is 2. The van der Waals surface area contributed by atoms with E-state index in [1.165, 1.54) is 0 Å². The Morgan fingerprint density at radius 2 is 1.86 bits per heavy atom. The zero-order valence-electron chi connectivity index (χ0n) is 20.2. The molecular weight excluding hydrogens is 567 g/mol. The highest BCUT2D eigenvalue weighted by Crippen LogP contribution is 2.35. The van der Waals surface area contributed by atoms with E-state index in [1.54, 1.807) is 12.1 Å². The minimum atomic E-state index is -0.270. The van der Waals surface area contributed by atoms with Crippen LogP contribution in [0.4, 0.5) is 5.69 Å². The molecule has 4 aromatic rings. The second-order valence-corrected chi connectivity index (χ2v) is 9.40. The number of carbonyl (C=O) groups excluding carboxylic acids is 1.